The van der Waals surface area contributed by atoms with Crippen LogP contribution in [0.1, 0.15) is 44.5 Å². The third-order valence-electron chi connectivity index (χ3n) is 2.96. The van der Waals surface area contributed by atoms with Crippen LogP contribution in [0.3, 0.4) is 0 Å². The molecule has 7 heteroatoms. The highest BCUT2D eigenvalue weighted by Gasteiger charge is 2.24. The first-order valence-corrected chi connectivity index (χ1v) is 7.82. The van der Waals surface area contributed by atoms with Crippen molar-refractivity contribution in [3.63, 3.8) is 0 Å². The fourth-order valence-corrected chi connectivity index (χ4v) is 2.35. The Labute approximate surface area is 137 Å². The number of hydrogen-bond donors (Lipinski definition) is 1. The Kier molecular flexibility index (Phi) is 5.28. The van der Waals surface area contributed by atoms with E-state index in [0.717, 1.165) is 10.0 Å². The van der Waals surface area contributed by atoms with Crippen LogP contribution >= 0.6 is 15.9 Å². The first-order valence-electron chi connectivity index (χ1n) is 7.03. The smallest absolute Gasteiger partial charge is 0.307 e. The molecule has 0 spiro atoms. The van der Waals surface area contributed by atoms with E-state index in [9.17, 15) is 4.79 Å². The minimum atomic E-state index is -0.503. The molecule has 0 amide bonds. The minimum Gasteiger partial charge on any atom is -0.460 e. The van der Waals surface area contributed by atoms with Crippen molar-refractivity contribution < 1.29 is 9.53 Å². The molecule has 118 valence electrons. The van der Waals surface area contributed by atoms with E-state index in [1.807, 2.05) is 45.0 Å². The number of aromatic amines is 1. The zero-order valence-electron chi connectivity index (χ0n) is 12.8. The highest BCUT2D eigenvalue weighted by Crippen LogP contribution is 2.23. The van der Waals surface area contributed by atoms with Gasteiger partial charge in [-0.2, -0.15) is 5.21 Å². The SMILES string of the molecule is CC(C)(C)OC(=O)CC(Cc1ccc(Br)cc1)c1nn[nH]n1. The molecule has 22 heavy (non-hydrogen) atoms. The predicted molar refractivity (Wildman–Crippen MR) is 85.2 cm³/mol. The lowest BCUT2D eigenvalue weighted by molar-refractivity contribution is -0.155. The number of halogens is 1. The summed E-state index contributed by atoms with van der Waals surface area (Å²) < 4.78 is 6.40. The number of rotatable bonds is 5. The predicted octanol–water partition coefficient (Wildman–Crippen LogP) is 3.02. The van der Waals surface area contributed by atoms with Gasteiger partial charge in [0.05, 0.1) is 6.42 Å². The normalized spacial score (nSPS) is 12.9. The van der Waals surface area contributed by atoms with Crippen LogP contribution in [0.5, 0.6) is 0 Å². The Morgan fingerprint density at radius 1 is 1.32 bits per heavy atom. The average molecular weight is 367 g/mol. The van der Waals surface area contributed by atoms with Gasteiger partial charge in [-0.15, -0.1) is 10.2 Å². The van der Waals surface area contributed by atoms with E-state index in [1.165, 1.54) is 0 Å². The molecule has 0 saturated heterocycles. The van der Waals surface area contributed by atoms with Gasteiger partial charge in [-0.3, -0.25) is 4.79 Å². The molecule has 0 aliphatic rings. The van der Waals surface area contributed by atoms with Crippen LogP contribution in [-0.4, -0.2) is 32.2 Å². The van der Waals surface area contributed by atoms with E-state index in [1.54, 1.807) is 0 Å². The fourth-order valence-electron chi connectivity index (χ4n) is 2.09. The highest BCUT2D eigenvalue weighted by molar-refractivity contribution is 9.10. The summed E-state index contributed by atoms with van der Waals surface area (Å²) in [5.41, 5.74) is 0.595. The zero-order valence-corrected chi connectivity index (χ0v) is 14.4. The quantitative estimate of drug-likeness (QED) is 0.822. The van der Waals surface area contributed by atoms with Crippen LogP contribution in [0.4, 0.5) is 0 Å². The number of carbonyl (C=O) groups is 1. The Balaban J connectivity index is 2.10. The maximum atomic E-state index is 12.1. The number of ether oxygens (including phenoxy) is 1. The van der Waals surface area contributed by atoms with Crippen LogP contribution in [0.15, 0.2) is 28.7 Å². The molecule has 1 atom stereocenters. The van der Waals surface area contributed by atoms with Crippen molar-refractivity contribution in [3.8, 4) is 0 Å². The maximum Gasteiger partial charge on any atom is 0.307 e. The molecule has 1 N–H and O–H groups in total. The Morgan fingerprint density at radius 3 is 2.55 bits per heavy atom. The number of nitrogens with one attached hydrogen (secondary N) is 1. The van der Waals surface area contributed by atoms with Crippen molar-refractivity contribution in [1.82, 2.24) is 20.6 Å². The molecule has 0 radical (unpaired) electrons. The molecule has 1 unspecified atom stereocenters. The van der Waals surface area contributed by atoms with E-state index in [0.29, 0.717) is 12.2 Å². The fraction of sp³-hybridized carbons (Fsp3) is 0.467. The molecule has 6 nitrogen and oxygen atoms in total. The average Bonchev–Trinajstić information content (AvgIpc) is 2.92. The first kappa shape index (κ1) is 16.6. The second kappa shape index (κ2) is 7.00. The lowest BCUT2D eigenvalue weighted by Crippen LogP contribution is -2.25. The second-order valence-corrected chi connectivity index (χ2v) is 7.00. The van der Waals surface area contributed by atoms with Crippen molar-refractivity contribution in [2.75, 3.05) is 0 Å². The molecular formula is C15H19BrN4O2. The molecule has 2 rings (SSSR count). The van der Waals surface area contributed by atoms with Crippen LogP contribution in [0, 0.1) is 0 Å². The van der Waals surface area contributed by atoms with Crippen molar-refractivity contribution in [2.45, 2.75) is 45.1 Å². The highest BCUT2D eigenvalue weighted by atomic mass is 79.9. The molecule has 0 bridgehead atoms. The number of hydrogen-bond acceptors (Lipinski definition) is 5. The Morgan fingerprint density at radius 2 is 2.00 bits per heavy atom. The number of tetrazole rings is 1. The zero-order chi connectivity index (χ0) is 16.2. The van der Waals surface area contributed by atoms with Gasteiger partial charge in [0.2, 0.25) is 0 Å². The lowest BCUT2D eigenvalue weighted by Gasteiger charge is -2.21. The summed E-state index contributed by atoms with van der Waals surface area (Å²) in [6.45, 7) is 5.55. The molecule has 2 aromatic rings. The summed E-state index contributed by atoms with van der Waals surface area (Å²) in [6.07, 6.45) is 0.860. The summed E-state index contributed by atoms with van der Waals surface area (Å²) in [5, 5.41) is 14.1. The topological polar surface area (TPSA) is 80.8 Å². The summed E-state index contributed by atoms with van der Waals surface area (Å²) in [6, 6.07) is 7.95. The number of esters is 1. The largest absolute Gasteiger partial charge is 0.460 e. The summed E-state index contributed by atoms with van der Waals surface area (Å²) >= 11 is 3.41. The summed E-state index contributed by atoms with van der Waals surface area (Å²) in [4.78, 5) is 12.1. The van der Waals surface area contributed by atoms with Gasteiger partial charge in [0.1, 0.15) is 5.60 Å². The molecule has 0 fully saturated rings. The number of aromatic nitrogens is 4. The van der Waals surface area contributed by atoms with Gasteiger partial charge in [-0.1, -0.05) is 33.3 Å². The molecule has 0 aliphatic heterocycles. The molecule has 1 aromatic carbocycles. The van der Waals surface area contributed by atoms with Gasteiger partial charge in [-0.25, -0.2) is 0 Å². The molecule has 0 aliphatic carbocycles. The number of H-pyrrole nitrogens is 1. The number of nitrogens with zero attached hydrogens (tertiary/aromatic N) is 3. The molecule has 1 aromatic heterocycles. The van der Waals surface area contributed by atoms with E-state index >= 15 is 0 Å². The molecular weight excluding hydrogens is 348 g/mol. The van der Waals surface area contributed by atoms with Gasteiger partial charge in [0, 0.05) is 10.4 Å². The monoisotopic (exact) mass is 366 g/mol. The summed E-state index contributed by atoms with van der Waals surface area (Å²) in [7, 11) is 0. The Hall–Kier alpha value is -1.76. The van der Waals surface area contributed by atoms with Gasteiger partial charge in [0.15, 0.2) is 5.82 Å². The summed E-state index contributed by atoms with van der Waals surface area (Å²) in [5.74, 6) is 0.0861. The van der Waals surface area contributed by atoms with Crippen LogP contribution < -0.4 is 0 Å². The minimum absolute atomic E-state index is 0.172. The van der Waals surface area contributed by atoms with Crippen molar-refractivity contribution in [1.29, 1.82) is 0 Å². The van der Waals surface area contributed by atoms with E-state index in [2.05, 4.69) is 36.6 Å². The van der Waals surface area contributed by atoms with Crippen LogP contribution in [0.2, 0.25) is 0 Å². The third-order valence-corrected chi connectivity index (χ3v) is 3.48. The van der Waals surface area contributed by atoms with Crippen LogP contribution in [-0.2, 0) is 16.0 Å². The van der Waals surface area contributed by atoms with E-state index < -0.39 is 5.60 Å². The first-order chi connectivity index (χ1) is 10.3. The number of benzene rings is 1. The second-order valence-electron chi connectivity index (χ2n) is 6.09. The van der Waals surface area contributed by atoms with E-state index in [-0.39, 0.29) is 18.3 Å². The maximum absolute atomic E-state index is 12.1. The Bertz CT molecular complexity index is 605. The van der Waals surface area contributed by atoms with E-state index in [4.69, 9.17) is 4.74 Å². The van der Waals surface area contributed by atoms with Crippen molar-refractivity contribution in [2.24, 2.45) is 0 Å². The molecule has 1 heterocycles. The van der Waals surface area contributed by atoms with Crippen molar-refractivity contribution >= 4 is 21.9 Å². The van der Waals surface area contributed by atoms with Gasteiger partial charge in [0.25, 0.3) is 0 Å². The van der Waals surface area contributed by atoms with Gasteiger partial charge in [-0.05, 0) is 44.9 Å². The lowest BCUT2D eigenvalue weighted by atomic mass is 9.95. The number of carbonyl (C=O) groups excluding carboxylic acids is 1. The van der Waals surface area contributed by atoms with Crippen molar-refractivity contribution in [3.05, 3.63) is 40.1 Å². The van der Waals surface area contributed by atoms with Gasteiger partial charge < -0.3 is 4.74 Å². The third kappa shape index (κ3) is 5.22. The van der Waals surface area contributed by atoms with Crippen LogP contribution in [0.25, 0.3) is 0 Å². The standard InChI is InChI=1S/C15H19BrN4O2/c1-15(2,3)22-13(21)9-11(14-17-19-20-18-14)8-10-4-6-12(16)7-5-10/h4-7,11H,8-9H2,1-3H3,(H,17,18,19,20). The molecule has 0 saturated carbocycles. The van der Waals surface area contributed by atoms with Gasteiger partial charge >= 0.3 is 5.97 Å².